The number of hydrogen-bond acceptors (Lipinski definition) is 5. The predicted molar refractivity (Wildman–Crippen MR) is 104 cm³/mol. The molecule has 0 fully saturated rings. The molecule has 7 heteroatoms. The quantitative estimate of drug-likeness (QED) is 0.344. The first-order chi connectivity index (χ1) is 11.5. The summed E-state index contributed by atoms with van der Waals surface area (Å²) in [6.07, 6.45) is 0.880. The number of ether oxygens (including phenoxy) is 1. The highest BCUT2D eigenvalue weighted by Gasteiger charge is 2.15. The molecular formula is C17H24ClNO3S2. The zero-order chi connectivity index (χ0) is 17.9. The Kier molecular flexibility index (Phi) is 10.3. The Morgan fingerprint density at radius 2 is 1.88 bits per heavy atom. The van der Waals surface area contributed by atoms with Crippen LogP contribution in [0.15, 0.2) is 24.3 Å². The van der Waals surface area contributed by atoms with Crippen molar-refractivity contribution in [1.82, 2.24) is 4.90 Å². The van der Waals surface area contributed by atoms with Gasteiger partial charge in [0.1, 0.15) is 0 Å². The van der Waals surface area contributed by atoms with Crippen molar-refractivity contribution in [2.75, 3.05) is 32.7 Å². The van der Waals surface area contributed by atoms with E-state index in [1.807, 2.05) is 12.1 Å². The van der Waals surface area contributed by atoms with E-state index in [2.05, 4.69) is 16.9 Å². The van der Waals surface area contributed by atoms with Gasteiger partial charge in [0.2, 0.25) is 5.91 Å². The number of benzene rings is 1. The van der Waals surface area contributed by atoms with Gasteiger partial charge in [0.25, 0.3) is 0 Å². The minimum atomic E-state index is -0.205. The Labute approximate surface area is 157 Å². The number of rotatable bonds is 10. The average molecular weight is 390 g/mol. The number of amides is 1. The summed E-state index contributed by atoms with van der Waals surface area (Å²) in [4.78, 5) is 24.6. The lowest BCUT2D eigenvalue weighted by Crippen LogP contribution is -2.21. The number of esters is 1. The molecule has 1 unspecified atom stereocenters. The maximum atomic E-state index is 11.7. The highest BCUT2D eigenvalue weighted by atomic mass is 35.5. The number of halogens is 1. The summed E-state index contributed by atoms with van der Waals surface area (Å²) in [6.45, 7) is 0. The number of methoxy groups -OCH3 is 1. The maximum Gasteiger partial charge on any atom is 0.306 e. The van der Waals surface area contributed by atoms with Crippen LogP contribution in [0.3, 0.4) is 0 Å². The molecule has 0 saturated heterocycles. The fourth-order valence-electron chi connectivity index (χ4n) is 1.89. The summed E-state index contributed by atoms with van der Waals surface area (Å²) in [7, 11) is 4.93. The van der Waals surface area contributed by atoms with Crippen molar-refractivity contribution in [2.45, 2.75) is 23.3 Å². The van der Waals surface area contributed by atoms with Gasteiger partial charge in [-0.3, -0.25) is 9.59 Å². The average Bonchev–Trinajstić information content (AvgIpc) is 2.59. The first kappa shape index (κ1) is 21.2. The fraction of sp³-hybridized carbons (Fsp3) is 0.529. The van der Waals surface area contributed by atoms with Gasteiger partial charge >= 0.3 is 5.97 Å². The molecule has 24 heavy (non-hydrogen) atoms. The number of hydrogen-bond donors (Lipinski definition) is 0. The van der Waals surface area contributed by atoms with Crippen LogP contribution in [-0.4, -0.2) is 49.5 Å². The topological polar surface area (TPSA) is 46.6 Å². The molecule has 0 aliphatic carbocycles. The standard InChI is InChI=1S/C17H24ClNO3S2/c1-19(2)15(20)7-9-23-17(24-10-8-16(21)22-3)14-6-4-5-13(11-14)12-18/h4-6,11,17H,7-10,12H2,1-3H3. The fourth-order valence-corrected chi connectivity index (χ4v) is 4.70. The van der Waals surface area contributed by atoms with Crippen LogP contribution in [0.1, 0.15) is 28.6 Å². The van der Waals surface area contributed by atoms with Gasteiger partial charge in [-0.25, -0.2) is 0 Å². The van der Waals surface area contributed by atoms with Crippen molar-refractivity contribution in [3.8, 4) is 0 Å². The van der Waals surface area contributed by atoms with Gasteiger partial charge in [-0.05, 0) is 11.1 Å². The number of thioether (sulfide) groups is 2. The number of carbonyl (C=O) groups excluding carboxylic acids is 2. The lowest BCUT2D eigenvalue weighted by molar-refractivity contribution is -0.140. The summed E-state index contributed by atoms with van der Waals surface area (Å²) < 4.78 is 4.85. The van der Waals surface area contributed by atoms with Gasteiger partial charge < -0.3 is 9.64 Å². The Hall–Kier alpha value is -0.850. The molecule has 0 heterocycles. The smallest absolute Gasteiger partial charge is 0.306 e. The second-order valence-electron chi connectivity index (χ2n) is 5.32. The first-order valence-electron chi connectivity index (χ1n) is 7.63. The van der Waals surface area contributed by atoms with Gasteiger partial charge in [0, 0.05) is 37.9 Å². The predicted octanol–water partition coefficient (Wildman–Crippen LogP) is 3.93. The largest absolute Gasteiger partial charge is 0.469 e. The van der Waals surface area contributed by atoms with E-state index >= 15 is 0 Å². The van der Waals surface area contributed by atoms with E-state index in [1.165, 1.54) is 7.11 Å². The normalized spacial score (nSPS) is 11.8. The van der Waals surface area contributed by atoms with Crippen molar-refractivity contribution >= 4 is 47.0 Å². The third kappa shape index (κ3) is 7.81. The molecule has 134 valence electrons. The molecule has 4 nitrogen and oxygen atoms in total. The van der Waals surface area contributed by atoms with E-state index in [9.17, 15) is 9.59 Å². The van der Waals surface area contributed by atoms with E-state index in [-0.39, 0.29) is 16.5 Å². The van der Waals surface area contributed by atoms with Gasteiger partial charge in [0.05, 0.1) is 18.1 Å². The molecule has 0 saturated carbocycles. The molecule has 1 amide bonds. The van der Waals surface area contributed by atoms with Crippen molar-refractivity contribution in [3.63, 3.8) is 0 Å². The van der Waals surface area contributed by atoms with Crippen LogP contribution in [0.4, 0.5) is 0 Å². The molecule has 0 bridgehead atoms. The molecular weight excluding hydrogens is 366 g/mol. The van der Waals surface area contributed by atoms with E-state index in [0.717, 1.165) is 16.9 Å². The van der Waals surface area contributed by atoms with E-state index in [1.54, 1.807) is 42.5 Å². The summed E-state index contributed by atoms with van der Waals surface area (Å²) in [5.41, 5.74) is 2.23. The molecule has 0 aliphatic heterocycles. The second-order valence-corrected chi connectivity index (χ2v) is 8.31. The minimum Gasteiger partial charge on any atom is -0.469 e. The molecule has 1 aromatic carbocycles. The molecule has 1 atom stereocenters. The van der Waals surface area contributed by atoms with E-state index in [0.29, 0.717) is 24.5 Å². The van der Waals surface area contributed by atoms with Crippen molar-refractivity contribution < 1.29 is 14.3 Å². The lowest BCUT2D eigenvalue weighted by atomic mass is 10.2. The van der Waals surface area contributed by atoms with Crippen LogP contribution >= 0.6 is 35.1 Å². The first-order valence-corrected chi connectivity index (χ1v) is 10.3. The zero-order valence-electron chi connectivity index (χ0n) is 14.3. The second kappa shape index (κ2) is 11.7. The third-order valence-electron chi connectivity index (χ3n) is 3.26. The molecule has 0 radical (unpaired) electrons. The Morgan fingerprint density at radius 1 is 1.21 bits per heavy atom. The summed E-state index contributed by atoms with van der Waals surface area (Å²) in [5, 5.41) is 0. The highest BCUT2D eigenvalue weighted by molar-refractivity contribution is 8.16. The SMILES string of the molecule is COC(=O)CCSC(SCCC(=O)N(C)C)c1cccc(CCl)c1. The maximum absolute atomic E-state index is 11.7. The molecule has 1 rings (SSSR count). The van der Waals surface area contributed by atoms with Crippen LogP contribution < -0.4 is 0 Å². The number of carbonyl (C=O) groups is 2. The molecule has 0 spiro atoms. The number of nitrogens with zero attached hydrogens (tertiary/aromatic N) is 1. The van der Waals surface area contributed by atoms with E-state index in [4.69, 9.17) is 11.6 Å². The molecule has 0 aromatic heterocycles. The molecule has 1 aromatic rings. The van der Waals surface area contributed by atoms with Gasteiger partial charge in [-0.15, -0.1) is 35.1 Å². The van der Waals surface area contributed by atoms with Crippen molar-refractivity contribution in [2.24, 2.45) is 0 Å². The zero-order valence-corrected chi connectivity index (χ0v) is 16.7. The minimum absolute atomic E-state index is 0.121. The summed E-state index contributed by atoms with van der Waals surface area (Å²) in [6, 6.07) is 8.13. The van der Waals surface area contributed by atoms with Crippen LogP contribution in [-0.2, 0) is 20.2 Å². The van der Waals surface area contributed by atoms with E-state index < -0.39 is 0 Å². The summed E-state index contributed by atoms with van der Waals surface area (Å²) >= 11 is 9.33. The van der Waals surface area contributed by atoms with Crippen LogP contribution in [0.2, 0.25) is 0 Å². The van der Waals surface area contributed by atoms with Crippen LogP contribution in [0, 0.1) is 0 Å². The Morgan fingerprint density at radius 3 is 2.46 bits per heavy atom. The summed E-state index contributed by atoms with van der Waals surface area (Å²) in [5.74, 6) is 1.80. The lowest BCUT2D eigenvalue weighted by Gasteiger charge is -2.18. The third-order valence-corrected chi connectivity index (χ3v) is 6.42. The van der Waals surface area contributed by atoms with Crippen molar-refractivity contribution in [3.05, 3.63) is 35.4 Å². The monoisotopic (exact) mass is 389 g/mol. The van der Waals surface area contributed by atoms with Crippen molar-refractivity contribution in [1.29, 1.82) is 0 Å². The van der Waals surface area contributed by atoms with Gasteiger partial charge in [-0.2, -0.15) is 0 Å². The van der Waals surface area contributed by atoms with Gasteiger partial charge in [-0.1, -0.05) is 24.3 Å². The molecule has 0 N–H and O–H groups in total. The van der Waals surface area contributed by atoms with Gasteiger partial charge in [0.15, 0.2) is 0 Å². The Bertz CT molecular complexity index is 540. The highest BCUT2D eigenvalue weighted by Crippen LogP contribution is 2.40. The van der Waals surface area contributed by atoms with Crippen LogP contribution in [0.25, 0.3) is 0 Å². The van der Waals surface area contributed by atoms with Crippen LogP contribution in [0.5, 0.6) is 0 Å². The molecule has 0 aliphatic rings. The number of alkyl halides is 1. The Balaban J connectivity index is 2.67.